The van der Waals surface area contributed by atoms with Crippen LogP contribution in [0.25, 0.3) is 0 Å². The minimum Gasteiger partial charge on any atom is -0.465 e. The van der Waals surface area contributed by atoms with Crippen molar-refractivity contribution < 1.29 is 14.8 Å². The first-order valence-electron chi connectivity index (χ1n) is 8.70. The third kappa shape index (κ3) is 4.31. The molecule has 0 bridgehead atoms. The van der Waals surface area contributed by atoms with Crippen LogP contribution in [0.1, 0.15) is 6.92 Å². The molecule has 2 N–H and O–H groups in total. The Morgan fingerprint density at radius 2 is 2.14 bits per heavy atom. The molecule has 29 heavy (non-hydrogen) atoms. The largest absolute Gasteiger partial charge is 0.465 e. The van der Waals surface area contributed by atoms with Crippen molar-refractivity contribution in [2.45, 2.75) is 13.0 Å². The van der Waals surface area contributed by atoms with E-state index in [1.54, 1.807) is 19.2 Å². The van der Waals surface area contributed by atoms with Crippen molar-refractivity contribution in [1.29, 1.82) is 0 Å². The Morgan fingerprint density at radius 1 is 1.41 bits per heavy atom. The Hall–Kier alpha value is -3.15. The van der Waals surface area contributed by atoms with Gasteiger partial charge in [-0.2, -0.15) is 0 Å². The fourth-order valence-corrected chi connectivity index (χ4v) is 3.75. The highest BCUT2D eigenvalue weighted by Crippen LogP contribution is 2.34. The van der Waals surface area contributed by atoms with E-state index in [0.29, 0.717) is 22.5 Å². The molecule has 154 valence electrons. The molecule has 1 aromatic carbocycles. The molecule has 12 heteroatoms. The summed E-state index contributed by atoms with van der Waals surface area (Å²) in [5.74, 6) is 0.0346. The molecule has 2 aromatic rings. The number of rotatable bonds is 4. The number of aromatic nitrogens is 2. The number of hydrogen-bond donors (Lipinski definition) is 2. The van der Waals surface area contributed by atoms with Crippen LogP contribution < -0.4 is 15.8 Å². The van der Waals surface area contributed by atoms with Gasteiger partial charge in [-0.15, -0.1) is 0 Å². The molecule has 2 heterocycles. The molecule has 1 aliphatic heterocycles. The van der Waals surface area contributed by atoms with Crippen molar-refractivity contribution in [3.05, 3.63) is 49.5 Å². The Bertz CT molecular complexity index is 1030. The quantitative estimate of drug-likeness (QED) is 0.517. The van der Waals surface area contributed by atoms with E-state index >= 15 is 0 Å². The Morgan fingerprint density at radius 3 is 2.76 bits per heavy atom. The zero-order valence-electron chi connectivity index (χ0n) is 15.7. The molecule has 1 atom stereocenters. The highest BCUT2D eigenvalue weighted by Gasteiger charge is 2.30. The number of amides is 1. The second-order valence-corrected chi connectivity index (χ2v) is 7.50. The van der Waals surface area contributed by atoms with Gasteiger partial charge < -0.3 is 24.8 Å². The van der Waals surface area contributed by atoms with Crippen LogP contribution in [0.15, 0.2) is 33.8 Å². The first-order chi connectivity index (χ1) is 13.7. The molecule has 3 rings (SSSR count). The number of nitro groups is 1. The normalized spacial score (nSPS) is 16.6. The summed E-state index contributed by atoms with van der Waals surface area (Å²) in [5.41, 5.74) is 0.226. The van der Waals surface area contributed by atoms with Crippen LogP contribution in [-0.2, 0) is 7.05 Å². The molecule has 0 radical (unpaired) electrons. The predicted octanol–water partition coefficient (Wildman–Crippen LogP) is 2.38. The van der Waals surface area contributed by atoms with E-state index in [2.05, 4.69) is 26.2 Å². The summed E-state index contributed by atoms with van der Waals surface area (Å²) >= 11 is 3.21. The average Bonchev–Trinajstić information content (AvgIpc) is 2.65. The van der Waals surface area contributed by atoms with E-state index in [1.165, 1.54) is 21.7 Å². The Balaban J connectivity index is 1.92. The van der Waals surface area contributed by atoms with Crippen molar-refractivity contribution in [3.8, 4) is 0 Å². The number of aryl methyl sites for hydroxylation is 1. The van der Waals surface area contributed by atoms with Crippen LogP contribution in [0.5, 0.6) is 0 Å². The van der Waals surface area contributed by atoms with Crippen LogP contribution in [0.2, 0.25) is 0 Å². The molecule has 0 unspecified atom stereocenters. The summed E-state index contributed by atoms with van der Waals surface area (Å²) in [7, 11) is 1.57. The molecular weight excluding hydrogens is 448 g/mol. The highest BCUT2D eigenvalue weighted by molar-refractivity contribution is 9.10. The van der Waals surface area contributed by atoms with Gasteiger partial charge in [-0.1, -0.05) is 0 Å². The minimum absolute atomic E-state index is 0.0346. The van der Waals surface area contributed by atoms with Gasteiger partial charge in [0.05, 0.1) is 4.92 Å². The molecular formula is C17H19BrN6O5. The predicted molar refractivity (Wildman–Crippen MR) is 110 cm³/mol. The zero-order chi connectivity index (χ0) is 21.3. The van der Waals surface area contributed by atoms with Crippen LogP contribution in [-0.4, -0.2) is 56.3 Å². The van der Waals surface area contributed by atoms with Crippen molar-refractivity contribution in [3.63, 3.8) is 0 Å². The number of hydrogen-bond acceptors (Lipinski definition) is 7. The summed E-state index contributed by atoms with van der Waals surface area (Å²) in [6.07, 6.45) is 0.505. The number of carbonyl (C=O) groups is 1. The SMILES string of the molecule is C[C@H]1CN(C(=O)O)CCN1c1ccc(Nc2nc(Br)cn(C)c2=O)cc1[N+](=O)[O-]. The molecule has 1 aliphatic rings. The maximum atomic E-state index is 12.2. The number of halogens is 1. The number of piperazine rings is 1. The topological polar surface area (TPSA) is 134 Å². The van der Waals surface area contributed by atoms with E-state index in [1.807, 2.05) is 11.8 Å². The molecule has 1 amide bonds. The molecule has 11 nitrogen and oxygen atoms in total. The van der Waals surface area contributed by atoms with Gasteiger partial charge >= 0.3 is 6.09 Å². The van der Waals surface area contributed by atoms with E-state index in [-0.39, 0.29) is 36.2 Å². The molecule has 1 fully saturated rings. The fourth-order valence-electron chi connectivity index (χ4n) is 3.27. The van der Waals surface area contributed by atoms with Crippen molar-refractivity contribution in [2.24, 2.45) is 7.05 Å². The summed E-state index contributed by atoms with van der Waals surface area (Å²) in [4.78, 5) is 41.8. The lowest BCUT2D eigenvalue weighted by Gasteiger charge is -2.39. The van der Waals surface area contributed by atoms with Gasteiger partial charge in [-0.3, -0.25) is 14.9 Å². The molecule has 1 saturated heterocycles. The van der Waals surface area contributed by atoms with E-state index in [4.69, 9.17) is 5.11 Å². The third-order valence-electron chi connectivity index (χ3n) is 4.68. The monoisotopic (exact) mass is 466 g/mol. The van der Waals surface area contributed by atoms with Crippen LogP contribution in [0, 0.1) is 10.1 Å². The maximum Gasteiger partial charge on any atom is 0.407 e. The minimum atomic E-state index is -1.01. The summed E-state index contributed by atoms with van der Waals surface area (Å²) in [6.45, 7) is 2.67. The summed E-state index contributed by atoms with van der Waals surface area (Å²) < 4.78 is 1.78. The smallest absolute Gasteiger partial charge is 0.407 e. The lowest BCUT2D eigenvalue weighted by Crippen LogP contribution is -2.53. The first kappa shape index (κ1) is 20.6. The number of anilines is 3. The lowest BCUT2D eigenvalue weighted by atomic mass is 10.1. The number of benzene rings is 1. The maximum absolute atomic E-state index is 12.2. The third-order valence-corrected chi connectivity index (χ3v) is 5.07. The first-order valence-corrected chi connectivity index (χ1v) is 9.50. The van der Waals surface area contributed by atoms with Gasteiger partial charge in [-0.05, 0) is 35.0 Å². The van der Waals surface area contributed by atoms with Gasteiger partial charge in [-0.25, -0.2) is 9.78 Å². The molecule has 0 aliphatic carbocycles. The van der Waals surface area contributed by atoms with E-state index < -0.39 is 11.0 Å². The summed E-state index contributed by atoms with van der Waals surface area (Å²) in [5, 5.41) is 23.7. The number of nitrogens with zero attached hydrogens (tertiary/aromatic N) is 5. The fraction of sp³-hybridized carbons (Fsp3) is 0.353. The van der Waals surface area contributed by atoms with Crippen LogP contribution in [0.3, 0.4) is 0 Å². The molecule has 0 spiro atoms. The number of nitrogens with one attached hydrogen (secondary N) is 1. The average molecular weight is 467 g/mol. The van der Waals surface area contributed by atoms with Gasteiger partial charge in [0, 0.05) is 50.7 Å². The lowest BCUT2D eigenvalue weighted by molar-refractivity contribution is -0.384. The van der Waals surface area contributed by atoms with E-state index in [0.717, 1.165) is 0 Å². The standard InChI is InChI=1S/C17H19BrN6O5/c1-10-8-22(17(26)27)5-6-23(10)12-4-3-11(7-13(12)24(28)29)19-15-16(25)21(2)9-14(18)20-15/h3-4,7,9-10H,5-6,8H2,1-2H3,(H,19,20)(H,26,27)/t10-/m0/s1. The summed E-state index contributed by atoms with van der Waals surface area (Å²) in [6, 6.07) is 4.33. The Labute approximate surface area is 173 Å². The molecule has 1 aromatic heterocycles. The second-order valence-electron chi connectivity index (χ2n) is 6.68. The second kappa shape index (κ2) is 8.07. The molecule has 0 saturated carbocycles. The van der Waals surface area contributed by atoms with Crippen molar-refractivity contribution in [2.75, 3.05) is 29.9 Å². The number of nitro benzene ring substituents is 1. The van der Waals surface area contributed by atoms with Crippen molar-refractivity contribution in [1.82, 2.24) is 14.5 Å². The van der Waals surface area contributed by atoms with Crippen LogP contribution in [0.4, 0.5) is 27.7 Å². The van der Waals surface area contributed by atoms with Gasteiger partial charge in [0.15, 0.2) is 5.82 Å². The zero-order valence-corrected chi connectivity index (χ0v) is 17.3. The number of carboxylic acid groups (broad SMARTS) is 1. The van der Waals surface area contributed by atoms with E-state index in [9.17, 15) is 19.7 Å². The van der Waals surface area contributed by atoms with Gasteiger partial charge in [0.25, 0.3) is 11.2 Å². The highest BCUT2D eigenvalue weighted by atomic mass is 79.9. The van der Waals surface area contributed by atoms with Gasteiger partial charge in [0.2, 0.25) is 0 Å². The van der Waals surface area contributed by atoms with Crippen molar-refractivity contribution >= 4 is 44.9 Å². The van der Waals surface area contributed by atoms with Crippen LogP contribution >= 0.6 is 15.9 Å². The Kier molecular flexibility index (Phi) is 5.73. The van der Waals surface area contributed by atoms with Gasteiger partial charge in [0.1, 0.15) is 10.3 Å².